The highest BCUT2D eigenvalue weighted by atomic mass is 32.1. The van der Waals surface area contributed by atoms with Crippen LogP contribution in [0.3, 0.4) is 0 Å². The van der Waals surface area contributed by atoms with Gasteiger partial charge in [-0.25, -0.2) is 0 Å². The fourth-order valence-electron chi connectivity index (χ4n) is 3.79. The van der Waals surface area contributed by atoms with Gasteiger partial charge in [-0.3, -0.25) is 4.79 Å². The minimum absolute atomic E-state index is 0.165. The van der Waals surface area contributed by atoms with Crippen LogP contribution >= 0.6 is 11.3 Å². The monoisotopic (exact) mass is 265 g/mol. The molecule has 18 heavy (non-hydrogen) atoms. The van der Waals surface area contributed by atoms with Gasteiger partial charge < -0.3 is 10.4 Å². The predicted molar refractivity (Wildman–Crippen MR) is 71.6 cm³/mol. The lowest BCUT2D eigenvalue weighted by molar-refractivity contribution is -0.144. The Morgan fingerprint density at radius 3 is 2.94 bits per heavy atom. The molecule has 0 amide bonds. The molecule has 3 rings (SSSR count). The van der Waals surface area contributed by atoms with Crippen LogP contribution in [0.15, 0.2) is 17.5 Å². The van der Waals surface area contributed by atoms with Crippen molar-refractivity contribution in [3.8, 4) is 0 Å². The Hall–Kier alpha value is -0.870. The van der Waals surface area contributed by atoms with Gasteiger partial charge in [-0.15, -0.1) is 11.3 Å². The smallest absolute Gasteiger partial charge is 0.308 e. The summed E-state index contributed by atoms with van der Waals surface area (Å²) in [5.41, 5.74) is 0. The van der Waals surface area contributed by atoms with Crippen molar-refractivity contribution in [1.82, 2.24) is 5.32 Å². The van der Waals surface area contributed by atoms with E-state index in [0.29, 0.717) is 11.8 Å². The summed E-state index contributed by atoms with van der Waals surface area (Å²) in [4.78, 5) is 12.7. The average molecular weight is 265 g/mol. The number of nitrogens with one attached hydrogen (secondary N) is 1. The van der Waals surface area contributed by atoms with Gasteiger partial charge in [0.05, 0.1) is 5.92 Å². The van der Waals surface area contributed by atoms with E-state index >= 15 is 0 Å². The van der Waals surface area contributed by atoms with Crippen LogP contribution in [0.1, 0.15) is 37.1 Å². The minimum atomic E-state index is -0.613. The van der Waals surface area contributed by atoms with Crippen molar-refractivity contribution >= 4 is 17.3 Å². The third-order valence-corrected chi connectivity index (χ3v) is 5.67. The number of fused-ring (bicyclic) bond motifs is 2. The molecule has 2 saturated carbocycles. The lowest BCUT2D eigenvalue weighted by Crippen LogP contribution is -2.45. The molecule has 0 aromatic carbocycles. The maximum Gasteiger partial charge on any atom is 0.308 e. The van der Waals surface area contributed by atoms with E-state index in [2.05, 4.69) is 23.7 Å². The number of carbonyl (C=O) groups is 1. The Kier molecular flexibility index (Phi) is 3.16. The summed E-state index contributed by atoms with van der Waals surface area (Å²) >= 11 is 1.73. The van der Waals surface area contributed by atoms with Gasteiger partial charge in [-0.2, -0.15) is 0 Å². The van der Waals surface area contributed by atoms with Crippen molar-refractivity contribution in [3.63, 3.8) is 0 Å². The van der Waals surface area contributed by atoms with Crippen LogP contribution in [-0.4, -0.2) is 17.1 Å². The summed E-state index contributed by atoms with van der Waals surface area (Å²) in [5.74, 6) is 0.184. The van der Waals surface area contributed by atoms with Gasteiger partial charge in [0.15, 0.2) is 0 Å². The minimum Gasteiger partial charge on any atom is -0.481 e. The van der Waals surface area contributed by atoms with E-state index in [1.807, 2.05) is 6.07 Å². The van der Waals surface area contributed by atoms with Crippen LogP contribution in [-0.2, 0) is 4.79 Å². The van der Waals surface area contributed by atoms with Gasteiger partial charge in [0.25, 0.3) is 0 Å². The molecule has 3 nitrogen and oxygen atoms in total. The highest BCUT2D eigenvalue weighted by Crippen LogP contribution is 2.49. The predicted octanol–water partition coefficient (Wildman–Crippen LogP) is 2.90. The second-order valence-corrected chi connectivity index (χ2v) is 6.61. The highest BCUT2D eigenvalue weighted by molar-refractivity contribution is 7.10. The number of aliphatic carboxylic acids is 1. The van der Waals surface area contributed by atoms with Crippen LogP contribution in [0.5, 0.6) is 0 Å². The quantitative estimate of drug-likeness (QED) is 0.880. The lowest BCUT2D eigenvalue weighted by Gasteiger charge is -2.31. The molecule has 1 heterocycles. The summed E-state index contributed by atoms with van der Waals surface area (Å²) < 4.78 is 0. The summed E-state index contributed by atoms with van der Waals surface area (Å²) in [7, 11) is 0. The van der Waals surface area contributed by atoms with Gasteiger partial charge >= 0.3 is 5.97 Å². The maximum atomic E-state index is 11.4. The number of carboxylic acids is 1. The zero-order valence-electron chi connectivity index (χ0n) is 10.5. The first-order valence-electron chi connectivity index (χ1n) is 6.69. The van der Waals surface area contributed by atoms with Crippen LogP contribution in [0, 0.1) is 17.8 Å². The van der Waals surface area contributed by atoms with Crippen LogP contribution in [0.4, 0.5) is 0 Å². The SMILES string of the molecule is CC(NC1C2CCC(C2)C1C(=O)O)c1cccs1. The second-order valence-electron chi connectivity index (χ2n) is 5.63. The van der Waals surface area contributed by atoms with Crippen LogP contribution < -0.4 is 5.32 Å². The molecule has 5 unspecified atom stereocenters. The normalized spacial score (nSPS) is 35.8. The second kappa shape index (κ2) is 4.67. The molecule has 2 N–H and O–H groups in total. The van der Waals surface area contributed by atoms with E-state index in [9.17, 15) is 9.90 Å². The Bertz CT molecular complexity index is 431. The van der Waals surface area contributed by atoms with Crippen molar-refractivity contribution in [2.75, 3.05) is 0 Å². The van der Waals surface area contributed by atoms with Crippen molar-refractivity contribution in [3.05, 3.63) is 22.4 Å². The number of thiophene rings is 1. The third-order valence-electron chi connectivity index (χ3n) is 4.61. The Balaban J connectivity index is 1.73. The highest BCUT2D eigenvalue weighted by Gasteiger charge is 2.51. The molecule has 5 atom stereocenters. The summed E-state index contributed by atoms with van der Waals surface area (Å²) in [6.45, 7) is 2.14. The first-order chi connectivity index (χ1) is 8.66. The van der Waals surface area contributed by atoms with Gasteiger partial charge in [-0.05, 0) is 49.5 Å². The Labute approximate surface area is 111 Å². The molecule has 0 saturated heterocycles. The van der Waals surface area contributed by atoms with Crippen molar-refractivity contribution in [2.24, 2.45) is 17.8 Å². The summed E-state index contributed by atoms with van der Waals surface area (Å²) in [5, 5.41) is 15.1. The lowest BCUT2D eigenvalue weighted by atomic mass is 9.84. The van der Waals surface area contributed by atoms with E-state index in [0.717, 1.165) is 12.8 Å². The van der Waals surface area contributed by atoms with Gasteiger partial charge in [-0.1, -0.05) is 6.07 Å². The van der Waals surface area contributed by atoms with E-state index in [-0.39, 0.29) is 18.0 Å². The number of hydrogen-bond acceptors (Lipinski definition) is 3. The molecule has 98 valence electrons. The number of carboxylic acid groups (broad SMARTS) is 1. The Morgan fingerprint density at radius 2 is 2.28 bits per heavy atom. The number of hydrogen-bond donors (Lipinski definition) is 2. The van der Waals surface area contributed by atoms with Crippen molar-refractivity contribution < 1.29 is 9.90 Å². The molecular formula is C14H19NO2S. The van der Waals surface area contributed by atoms with Crippen LogP contribution in [0.25, 0.3) is 0 Å². The standard InChI is InChI=1S/C14H19NO2S/c1-8(11-3-2-6-18-11)15-13-10-5-4-9(7-10)12(13)14(16)17/h2-3,6,8-10,12-13,15H,4-5,7H2,1H3,(H,16,17). The molecule has 2 fully saturated rings. The average Bonchev–Trinajstić information content (AvgIpc) is 3.05. The molecule has 4 heteroatoms. The molecular weight excluding hydrogens is 246 g/mol. The van der Waals surface area contributed by atoms with E-state index in [1.54, 1.807) is 11.3 Å². The molecule has 2 bridgehead atoms. The van der Waals surface area contributed by atoms with Gasteiger partial charge in [0.2, 0.25) is 0 Å². The van der Waals surface area contributed by atoms with E-state index < -0.39 is 5.97 Å². The Morgan fingerprint density at radius 1 is 1.50 bits per heavy atom. The van der Waals surface area contributed by atoms with Crippen LogP contribution in [0.2, 0.25) is 0 Å². The fourth-order valence-corrected chi connectivity index (χ4v) is 4.54. The molecule has 0 spiro atoms. The van der Waals surface area contributed by atoms with Crippen molar-refractivity contribution in [1.29, 1.82) is 0 Å². The fraction of sp³-hybridized carbons (Fsp3) is 0.643. The molecule has 1 aromatic heterocycles. The first-order valence-corrected chi connectivity index (χ1v) is 7.57. The first kappa shape index (κ1) is 12.2. The van der Waals surface area contributed by atoms with E-state index in [1.165, 1.54) is 11.3 Å². The molecule has 0 aliphatic heterocycles. The molecule has 2 aliphatic rings. The molecule has 0 radical (unpaired) electrons. The largest absolute Gasteiger partial charge is 0.481 e. The molecule has 2 aliphatic carbocycles. The maximum absolute atomic E-state index is 11.4. The topological polar surface area (TPSA) is 49.3 Å². The number of rotatable bonds is 4. The summed E-state index contributed by atoms with van der Waals surface area (Å²) in [6.07, 6.45) is 3.41. The molecule has 1 aromatic rings. The zero-order valence-corrected chi connectivity index (χ0v) is 11.3. The zero-order chi connectivity index (χ0) is 12.7. The van der Waals surface area contributed by atoms with Gasteiger partial charge in [0, 0.05) is 17.0 Å². The third kappa shape index (κ3) is 1.97. The summed E-state index contributed by atoms with van der Waals surface area (Å²) in [6, 6.07) is 4.59. The van der Waals surface area contributed by atoms with E-state index in [4.69, 9.17) is 0 Å². The van der Waals surface area contributed by atoms with Gasteiger partial charge in [0.1, 0.15) is 0 Å². The van der Waals surface area contributed by atoms with Crippen molar-refractivity contribution in [2.45, 2.75) is 38.3 Å².